The van der Waals surface area contributed by atoms with Gasteiger partial charge in [0.2, 0.25) is 0 Å². The second kappa shape index (κ2) is 9.40. The van der Waals surface area contributed by atoms with Crippen LogP contribution in [-0.4, -0.2) is 65.4 Å². The summed E-state index contributed by atoms with van der Waals surface area (Å²) in [5.74, 6) is -0.813. The fourth-order valence-corrected chi connectivity index (χ4v) is 2.98. The Morgan fingerprint density at radius 2 is 1.86 bits per heavy atom. The van der Waals surface area contributed by atoms with Crippen LogP contribution < -0.4 is 5.32 Å². The van der Waals surface area contributed by atoms with Crippen LogP contribution in [0.5, 0.6) is 0 Å². The van der Waals surface area contributed by atoms with Gasteiger partial charge in [0.25, 0.3) is 0 Å². The van der Waals surface area contributed by atoms with Crippen molar-refractivity contribution in [3.63, 3.8) is 0 Å². The van der Waals surface area contributed by atoms with E-state index in [-0.39, 0.29) is 0 Å². The molecular weight excluding hydrogens is 271 g/mol. The van der Waals surface area contributed by atoms with Crippen molar-refractivity contribution in [2.24, 2.45) is 0 Å². The topological polar surface area (TPSA) is 93.0 Å². The molecule has 4 N–H and O–H groups in total. The average Bonchev–Trinajstić information content (AvgIpc) is 2.47. The number of hydrogen-bond donors (Lipinski definition) is 4. The number of carboxylic acid groups (broad SMARTS) is 1. The summed E-state index contributed by atoms with van der Waals surface area (Å²) >= 11 is 0. The zero-order valence-corrected chi connectivity index (χ0v) is 13.1. The van der Waals surface area contributed by atoms with Crippen LogP contribution in [0.4, 0.5) is 0 Å². The van der Waals surface area contributed by atoms with Gasteiger partial charge >= 0.3 is 13.1 Å². The average molecular weight is 300 g/mol. The van der Waals surface area contributed by atoms with Crippen molar-refractivity contribution in [3.8, 4) is 0 Å². The second-order valence-corrected chi connectivity index (χ2v) is 6.02. The molecule has 21 heavy (non-hydrogen) atoms. The molecule has 0 radical (unpaired) electrons. The number of rotatable bonds is 10. The minimum atomic E-state index is -1.30. The summed E-state index contributed by atoms with van der Waals surface area (Å²) < 4.78 is 0. The van der Waals surface area contributed by atoms with Crippen LogP contribution in [0.1, 0.15) is 44.9 Å². The van der Waals surface area contributed by atoms with Crippen molar-refractivity contribution in [2.75, 3.05) is 26.7 Å². The molecule has 1 heterocycles. The molecule has 1 rings (SSSR count). The van der Waals surface area contributed by atoms with Crippen LogP contribution in [0, 0.1) is 0 Å². The van der Waals surface area contributed by atoms with E-state index < -0.39 is 18.6 Å². The van der Waals surface area contributed by atoms with Crippen molar-refractivity contribution in [1.82, 2.24) is 10.2 Å². The van der Waals surface area contributed by atoms with Gasteiger partial charge in [-0.2, -0.15) is 0 Å². The van der Waals surface area contributed by atoms with Gasteiger partial charge in [-0.3, -0.25) is 4.79 Å². The van der Waals surface area contributed by atoms with Gasteiger partial charge in [-0.15, -0.1) is 0 Å². The van der Waals surface area contributed by atoms with E-state index >= 15 is 0 Å². The molecule has 0 aliphatic carbocycles. The lowest BCUT2D eigenvalue weighted by molar-refractivity contribution is -0.145. The van der Waals surface area contributed by atoms with Crippen LogP contribution in [-0.2, 0) is 4.79 Å². The van der Waals surface area contributed by atoms with Gasteiger partial charge in [-0.1, -0.05) is 19.3 Å². The minimum Gasteiger partial charge on any atom is -0.480 e. The number of carboxylic acids is 1. The highest BCUT2D eigenvalue weighted by Crippen LogP contribution is 2.22. The van der Waals surface area contributed by atoms with Gasteiger partial charge in [-0.05, 0) is 52.1 Å². The molecule has 122 valence electrons. The zero-order valence-electron chi connectivity index (χ0n) is 13.1. The predicted octanol–water partition coefficient (Wildman–Crippen LogP) is 0.548. The maximum atomic E-state index is 11.7. The van der Waals surface area contributed by atoms with E-state index in [1.54, 1.807) is 7.05 Å². The van der Waals surface area contributed by atoms with E-state index in [4.69, 9.17) is 10.0 Å². The zero-order chi connectivity index (χ0) is 15.7. The Kier molecular flexibility index (Phi) is 8.25. The molecule has 0 amide bonds. The summed E-state index contributed by atoms with van der Waals surface area (Å²) in [6.07, 6.45) is 6.37. The maximum Gasteiger partial charge on any atom is 0.451 e. The molecular formula is C14H29BN2O4. The van der Waals surface area contributed by atoms with Gasteiger partial charge in [0.05, 0.1) is 0 Å². The van der Waals surface area contributed by atoms with Gasteiger partial charge in [0, 0.05) is 6.54 Å². The molecule has 1 aliphatic rings. The molecule has 1 saturated heterocycles. The summed E-state index contributed by atoms with van der Waals surface area (Å²) in [5, 5.41) is 30.3. The standard InChI is InChI=1S/C14H29BN2O4/c1-16-14(13(18)19,7-3-4-9-15(20)21)8-12-17-10-5-2-6-11-17/h16,20-21H,2-12H2,1H3,(H,18,19)/t14-/m1/s1. The number of likely N-dealkylation sites (N-methyl/N-ethyl adjacent to an activating group) is 1. The van der Waals surface area contributed by atoms with E-state index in [0.29, 0.717) is 32.0 Å². The van der Waals surface area contributed by atoms with Crippen LogP contribution >= 0.6 is 0 Å². The lowest BCUT2D eigenvalue weighted by Crippen LogP contribution is -2.52. The van der Waals surface area contributed by atoms with Gasteiger partial charge in [0.1, 0.15) is 5.54 Å². The van der Waals surface area contributed by atoms with Crippen LogP contribution in [0.3, 0.4) is 0 Å². The molecule has 1 atom stereocenters. The Hall–Kier alpha value is -0.625. The Balaban J connectivity index is 2.45. The number of aliphatic carboxylic acids is 1. The van der Waals surface area contributed by atoms with E-state index in [9.17, 15) is 9.90 Å². The highest BCUT2D eigenvalue weighted by molar-refractivity contribution is 6.40. The molecule has 0 aromatic carbocycles. The normalized spacial score (nSPS) is 19.2. The summed E-state index contributed by atoms with van der Waals surface area (Å²) in [6, 6.07) is 0. The van der Waals surface area contributed by atoms with Crippen LogP contribution in [0.15, 0.2) is 0 Å². The van der Waals surface area contributed by atoms with E-state index in [1.165, 1.54) is 19.3 Å². The Morgan fingerprint density at radius 1 is 1.19 bits per heavy atom. The van der Waals surface area contributed by atoms with Crippen LogP contribution in [0.2, 0.25) is 6.32 Å². The van der Waals surface area contributed by atoms with Crippen molar-refractivity contribution in [2.45, 2.75) is 56.8 Å². The highest BCUT2D eigenvalue weighted by Gasteiger charge is 2.36. The Labute approximate surface area is 127 Å². The molecule has 1 fully saturated rings. The lowest BCUT2D eigenvalue weighted by atomic mass is 9.81. The number of unbranched alkanes of at least 4 members (excludes halogenated alkanes) is 1. The van der Waals surface area contributed by atoms with Crippen molar-refractivity contribution < 1.29 is 19.9 Å². The van der Waals surface area contributed by atoms with Gasteiger partial charge in [-0.25, -0.2) is 0 Å². The van der Waals surface area contributed by atoms with Crippen molar-refractivity contribution in [1.29, 1.82) is 0 Å². The number of piperidine rings is 1. The number of nitrogens with zero attached hydrogens (tertiary/aromatic N) is 1. The second-order valence-electron chi connectivity index (χ2n) is 6.02. The number of hydrogen-bond acceptors (Lipinski definition) is 5. The quantitative estimate of drug-likeness (QED) is 0.348. The van der Waals surface area contributed by atoms with Gasteiger partial charge < -0.3 is 25.4 Å². The third kappa shape index (κ3) is 6.34. The third-order valence-corrected chi connectivity index (χ3v) is 4.51. The predicted molar refractivity (Wildman–Crippen MR) is 83.2 cm³/mol. The van der Waals surface area contributed by atoms with E-state index in [2.05, 4.69) is 10.2 Å². The molecule has 0 aromatic rings. The summed E-state index contributed by atoms with van der Waals surface area (Å²) in [7, 11) is 0.401. The third-order valence-electron chi connectivity index (χ3n) is 4.51. The first-order valence-electron chi connectivity index (χ1n) is 8.01. The molecule has 0 saturated carbocycles. The van der Waals surface area contributed by atoms with Gasteiger partial charge in [0.15, 0.2) is 0 Å². The Bertz CT molecular complexity index is 311. The molecule has 6 nitrogen and oxygen atoms in total. The summed E-state index contributed by atoms with van der Waals surface area (Å²) in [4.78, 5) is 14.0. The number of likely N-dealkylation sites (tertiary alicyclic amines) is 1. The van der Waals surface area contributed by atoms with Crippen LogP contribution in [0.25, 0.3) is 0 Å². The molecule has 0 unspecified atom stereocenters. The molecule has 1 aliphatic heterocycles. The van der Waals surface area contributed by atoms with E-state index in [1.807, 2.05) is 0 Å². The summed E-state index contributed by atoms with van der Waals surface area (Å²) in [6.45, 7) is 2.93. The van der Waals surface area contributed by atoms with Crippen molar-refractivity contribution in [3.05, 3.63) is 0 Å². The maximum absolute atomic E-state index is 11.7. The first-order valence-corrected chi connectivity index (χ1v) is 8.01. The summed E-state index contributed by atoms with van der Waals surface area (Å²) in [5.41, 5.74) is -0.905. The fraction of sp³-hybridized carbons (Fsp3) is 0.929. The largest absolute Gasteiger partial charge is 0.480 e. The minimum absolute atomic E-state index is 0.297. The smallest absolute Gasteiger partial charge is 0.451 e. The molecule has 0 bridgehead atoms. The highest BCUT2D eigenvalue weighted by atomic mass is 16.4. The fourth-order valence-electron chi connectivity index (χ4n) is 2.98. The monoisotopic (exact) mass is 300 g/mol. The molecule has 0 aromatic heterocycles. The first kappa shape index (κ1) is 18.4. The first-order chi connectivity index (χ1) is 10.00. The Morgan fingerprint density at radius 3 is 2.38 bits per heavy atom. The van der Waals surface area contributed by atoms with Crippen molar-refractivity contribution >= 4 is 13.1 Å². The molecule has 7 heteroatoms. The van der Waals surface area contributed by atoms with E-state index in [0.717, 1.165) is 19.6 Å². The molecule has 0 spiro atoms. The SMILES string of the molecule is CN[C@](CCCCB(O)O)(CCN1CCCCC1)C(=O)O. The number of nitrogens with one attached hydrogen (secondary N) is 1. The number of carbonyl (C=O) groups is 1. The lowest BCUT2D eigenvalue weighted by Gasteiger charge is -2.33.